The minimum absolute atomic E-state index is 0.0208. The van der Waals surface area contributed by atoms with Crippen molar-refractivity contribution >= 4 is 15.9 Å². The maximum atomic E-state index is 12.6. The third-order valence-corrected chi connectivity index (χ3v) is 6.14. The van der Waals surface area contributed by atoms with Gasteiger partial charge in [0.2, 0.25) is 10.0 Å². The standard InChI is InChI=1S/C17H26N2O5S/c1-14-7-10-19(11-8-14)25(22,23)16-5-3-15(4-6-16)24-13-17(21)18-9-2-12-20/h3-6,14,20H,2,7-13H2,1H3,(H,18,21). The van der Waals surface area contributed by atoms with Gasteiger partial charge in [-0.1, -0.05) is 6.92 Å². The summed E-state index contributed by atoms with van der Waals surface area (Å²) in [5.41, 5.74) is 0. The van der Waals surface area contributed by atoms with Crippen molar-refractivity contribution in [1.82, 2.24) is 9.62 Å². The quantitative estimate of drug-likeness (QED) is 0.665. The highest BCUT2D eigenvalue weighted by molar-refractivity contribution is 7.89. The molecule has 1 aliphatic rings. The zero-order chi connectivity index (χ0) is 18.3. The largest absolute Gasteiger partial charge is 0.484 e. The molecule has 25 heavy (non-hydrogen) atoms. The summed E-state index contributed by atoms with van der Waals surface area (Å²) in [4.78, 5) is 11.8. The molecule has 7 nitrogen and oxygen atoms in total. The lowest BCUT2D eigenvalue weighted by atomic mass is 10.0. The normalized spacial score (nSPS) is 16.6. The van der Waals surface area contributed by atoms with Gasteiger partial charge in [-0.15, -0.1) is 0 Å². The van der Waals surface area contributed by atoms with Crippen molar-refractivity contribution in [3.05, 3.63) is 24.3 Å². The summed E-state index contributed by atoms with van der Waals surface area (Å²) >= 11 is 0. The van der Waals surface area contributed by atoms with Gasteiger partial charge in [0, 0.05) is 26.2 Å². The van der Waals surface area contributed by atoms with E-state index in [9.17, 15) is 13.2 Å². The Kier molecular flexibility index (Phi) is 7.22. The molecule has 140 valence electrons. The fourth-order valence-electron chi connectivity index (χ4n) is 2.59. The Balaban J connectivity index is 1.89. The molecule has 1 heterocycles. The number of ether oxygens (including phenoxy) is 1. The zero-order valence-electron chi connectivity index (χ0n) is 14.5. The van der Waals surface area contributed by atoms with E-state index in [1.165, 1.54) is 16.4 Å². The van der Waals surface area contributed by atoms with Gasteiger partial charge >= 0.3 is 0 Å². The molecule has 1 amide bonds. The molecule has 0 unspecified atom stereocenters. The topological polar surface area (TPSA) is 95.9 Å². The van der Waals surface area contributed by atoms with Crippen LogP contribution in [0, 0.1) is 5.92 Å². The molecule has 1 fully saturated rings. The van der Waals surface area contributed by atoms with E-state index in [0.717, 1.165) is 12.8 Å². The van der Waals surface area contributed by atoms with E-state index in [2.05, 4.69) is 12.2 Å². The molecular formula is C17H26N2O5S. The summed E-state index contributed by atoms with van der Waals surface area (Å²) in [5, 5.41) is 11.3. The number of benzene rings is 1. The first-order valence-electron chi connectivity index (χ1n) is 8.54. The van der Waals surface area contributed by atoms with Crippen LogP contribution in [0.1, 0.15) is 26.2 Å². The van der Waals surface area contributed by atoms with Gasteiger partial charge in [-0.2, -0.15) is 4.31 Å². The number of carbonyl (C=O) groups excluding carboxylic acids is 1. The van der Waals surface area contributed by atoms with Crippen molar-refractivity contribution in [2.75, 3.05) is 32.8 Å². The van der Waals surface area contributed by atoms with Crippen LogP contribution in [0.3, 0.4) is 0 Å². The molecule has 0 aromatic heterocycles. The summed E-state index contributed by atoms with van der Waals surface area (Å²) < 4.78 is 32.1. The molecule has 1 aromatic carbocycles. The number of hydrogen-bond acceptors (Lipinski definition) is 5. The van der Waals surface area contributed by atoms with Crippen LogP contribution in [0.15, 0.2) is 29.2 Å². The molecule has 0 aliphatic carbocycles. The third kappa shape index (κ3) is 5.69. The Labute approximate surface area is 149 Å². The smallest absolute Gasteiger partial charge is 0.257 e. The highest BCUT2D eigenvalue weighted by atomic mass is 32.2. The van der Waals surface area contributed by atoms with Crippen molar-refractivity contribution in [2.45, 2.75) is 31.1 Å². The van der Waals surface area contributed by atoms with Gasteiger partial charge in [0.05, 0.1) is 4.90 Å². The van der Waals surface area contributed by atoms with Crippen LogP contribution in [0.2, 0.25) is 0 Å². The molecule has 0 saturated carbocycles. The van der Waals surface area contributed by atoms with Crippen LogP contribution >= 0.6 is 0 Å². The number of aliphatic hydroxyl groups is 1. The molecule has 1 saturated heterocycles. The molecule has 0 bridgehead atoms. The van der Waals surface area contributed by atoms with Crippen LogP contribution in [-0.4, -0.2) is 56.6 Å². The van der Waals surface area contributed by atoms with Crippen molar-refractivity contribution in [2.24, 2.45) is 5.92 Å². The molecule has 0 radical (unpaired) electrons. The molecule has 8 heteroatoms. The zero-order valence-corrected chi connectivity index (χ0v) is 15.3. The SMILES string of the molecule is CC1CCN(S(=O)(=O)c2ccc(OCC(=O)NCCCO)cc2)CC1. The van der Waals surface area contributed by atoms with E-state index < -0.39 is 10.0 Å². The molecule has 2 N–H and O–H groups in total. The molecule has 0 atom stereocenters. The fraction of sp³-hybridized carbons (Fsp3) is 0.588. The van der Waals surface area contributed by atoms with Crippen LogP contribution in [-0.2, 0) is 14.8 Å². The summed E-state index contributed by atoms with van der Waals surface area (Å²) in [6.07, 6.45) is 2.26. The van der Waals surface area contributed by atoms with Gasteiger partial charge in [-0.05, 0) is 49.4 Å². The van der Waals surface area contributed by atoms with Crippen LogP contribution in [0.4, 0.5) is 0 Å². The number of amides is 1. The first-order chi connectivity index (χ1) is 11.9. The number of nitrogens with one attached hydrogen (secondary N) is 1. The van der Waals surface area contributed by atoms with E-state index in [4.69, 9.17) is 9.84 Å². The minimum atomic E-state index is -3.47. The van der Waals surface area contributed by atoms with E-state index in [-0.39, 0.29) is 24.0 Å². The lowest BCUT2D eigenvalue weighted by Gasteiger charge is -2.29. The van der Waals surface area contributed by atoms with Crippen LogP contribution in [0.5, 0.6) is 5.75 Å². The number of aliphatic hydroxyl groups excluding tert-OH is 1. The second-order valence-corrected chi connectivity index (χ2v) is 8.21. The number of nitrogens with zero attached hydrogens (tertiary/aromatic N) is 1. The van der Waals surface area contributed by atoms with E-state index in [0.29, 0.717) is 37.7 Å². The molecule has 1 aliphatic heterocycles. The summed E-state index contributed by atoms with van der Waals surface area (Å²) in [7, 11) is -3.47. The van der Waals surface area contributed by atoms with E-state index in [1.807, 2.05) is 0 Å². The van der Waals surface area contributed by atoms with Crippen molar-refractivity contribution < 1.29 is 23.1 Å². The average Bonchev–Trinajstić information content (AvgIpc) is 2.61. The predicted octanol–water partition coefficient (Wildman–Crippen LogP) is 0.985. The second-order valence-electron chi connectivity index (χ2n) is 6.27. The molecule has 2 rings (SSSR count). The number of piperidine rings is 1. The number of hydrogen-bond donors (Lipinski definition) is 2. The molecule has 1 aromatic rings. The average molecular weight is 370 g/mol. The number of sulfonamides is 1. The summed E-state index contributed by atoms with van der Waals surface area (Å²) in [6.45, 7) is 3.50. The Hall–Kier alpha value is -1.64. The van der Waals surface area contributed by atoms with Crippen LogP contribution in [0.25, 0.3) is 0 Å². The second kappa shape index (κ2) is 9.17. The Morgan fingerprint density at radius 2 is 1.92 bits per heavy atom. The minimum Gasteiger partial charge on any atom is -0.484 e. The van der Waals surface area contributed by atoms with Gasteiger partial charge in [-0.25, -0.2) is 8.42 Å². The number of carbonyl (C=O) groups is 1. The molecular weight excluding hydrogens is 344 g/mol. The number of rotatable bonds is 8. The maximum Gasteiger partial charge on any atom is 0.257 e. The lowest BCUT2D eigenvalue weighted by molar-refractivity contribution is -0.123. The Morgan fingerprint density at radius 1 is 1.28 bits per heavy atom. The highest BCUT2D eigenvalue weighted by Gasteiger charge is 2.27. The summed E-state index contributed by atoms with van der Waals surface area (Å²) in [5.74, 6) is 0.710. The first kappa shape index (κ1) is 19.7. The van der Waals surface area contributed by atoms with Gasteiger partial charge in [0.25, 0.3) is 5.91 Å². The third-order valence-electron chi connectivity index (χ3n) is 4.23. The molecule has 0 spiro atoms. The van der Waals surface area contributed by atoms with E-state index >= 15 is 0 Å². The van der Waals surface area contributed by atoms with Gasteiger partial charge in [0.1, 0.15) is 5.75 Å². The van der Waals surface area contributed by atoms with Gasteiger partial charge in [-0.3, -0.25) is 4.79 Å². The van der Waals surface area contributed by atoms with Crippen LogP contribution < -0.4 is 10.1 Å². The van der Waals surface area contributed by atoms with Crippen molar-refractivity contribution in [1.29, 1.82) is 0 Å². The first-order valence-corrected chi connectivity index (χ1v) is 9.98. The predicted molar refractivity (Wildman–Crippen MR) is 93.8 cm³/mol. The van der Waals surface area contributed by atoms with Gasteiger partial charge < -0.3 is 15.2 Å². The van der Waals surface area contributed by atoms with Crippen molar-refractivity contribution in [3.8, 4) is 5.75 Å². The van der Waals surface area contributed by atoms with Gasteiger partial charge in [0.15, 0.2) is 6.61 Å². The Bertz CT molecular complexity index is 652. The Morgan fingerprint density at radius 3 is 2.52 bits per heavy atom. The highest BCUT2D eigenvalue weighted by Crippen LogP contribution is 2.24. The summed E-state index contributed by atoms with van der Waals surface area (Å²) in [6, 6.07) is 6.12. The lowest BCUT2D eigenvalue weighted by Crippen LogP contribution is -2.37. The fourth-order valence-corrected chi connectivity index (χ4v) is 4.06. The maximum absolute atomic E-state index is 12.6. The van der Waals surface area contributed by atoms with Crippen molar-refractivity contribution in [3.63, 3.8) is 0 Å². The monoisotopic (exact) mass is 370 g/mol. The van der Waals surface area contributed by atoms with E-state index in [1.54, 1.807) is 12.1 Å².